The zero-order chi connectivity index (χ0) is 25.5. The summed E-state index contributed by atoms with van der Waals surface area (Å²) >= 11 is 0. The van der Waals surface area contributed by atoms with Gasteiger partial charge in [0.1, 0.15) is 24.7 Å². The van der Waals surface area contributed by atoms with Crippen LogP contribution in [0.1, 0.15) is 5.56 Å². The Hall–Kier alpha value is -4.06. The molecule has 12 heteroatoms. The lowest BCUT2D eigenvalue weighted by Gasteiger charge is -2.19. The molecule has 4 rings (SSSR count). The highest BCUT2D eigenvalue weighted by molar-refractivity contribution is 5.93. The molecule has 1 saturated heterocycles. The number of hydrogen-bond donors (Lipinski definition) is 3. The molecule has 3 heterocycles. The van der Waals surface area contributed by atoms with Crippen LogP contribution in [0.2, 0.25) is 0 Å². The molecule has 2 amide bonds. The fourth-order valence-corrected chi connectivity index (χ4v) is 3.78. The van der Waals surface area contributed by atoms with Crippen molar-refractivity contribution in [2.45, 2.75) is 19.5 Å². The van der Waals surface area contributed by atoms with Crippen molar-refractivity contribution < 1.29 is 18.7 Å². The number of amides is 2. The van der Waals surface area contributed by atoms with Gasteiger partial charge in [0, 0.05) is 32.5 Å². The lowest BCUT2D eigenvalue weighted by molar-refractivity contribution is -0.131. The Kier molecular flexibility index (Phi) is 8.06. The maximum absolute atomic E-state index is 13.3. The number of rotatable bonds is 10. The average Bonchev–Trinajstić information content (AvgIpc) is 3.49. The Morgan fingerprint density at radius 1 is 1.25 bits per heavy atom. The fourth-order valence-electron chi connectivity index (χ4n) is 3.78. The lowest BCUT2D eigenvalue weighted by atomic mass is 10.0. The van der Waals surface area contributed by atoms with Crippen LogP contribution in [0.5, 0.6) is 5.75 Å². The number of nitrogens with one attached hydrogen (secondary N) is 3. The summed E-state index contributed by atoms with van der Waals surface area (Å²) in [6.07, 6.45) is 3.58. The summed E-state index contributed by atoms with van der Waals surface area (Å²) in [7, 11) is 1.71. The number of hydrogen-bond acceptors (Lipinski definition) is 8. The van der Waals surface area contributed by atoms with Gasteiger partial charge in [-0.3, -0.25) is 14.3 Å². The highest BCUT2D eigenvalue weighted by Gasteiger charge is 2.33. The van der Waals surface area contributed by atoms with Gasteiger partial charge in [-0.15, -0.1) is 0 Å². The van der Waals surface area contributed by atoms with E-state index in [9.17, 15) is 14.0 Å². The molecule has 0 bridgehead atoms. The first-order chi connectivity index (χ1) is 17.4. The summed E-state index contributed by atoms with van der Waals surface area (Å²) in [5.74, 6) is 0.308. The van der Waals surface area contributed by atoms with Crippen LogP contribution >= 0.6 is 0 Å². The number of ether oxygens (including phenoxy) is 1. The van der Waals surface area contributed by atoms with Gasteiger partial charge in [0.15, 0.2) is 0 Å². The first kappa shape index (κ1) is 25.0. The molecule has 2 unspecified atom stereocenters. The third-order valence-electron chi connectivity index (χ3n) is 5.85. The molecule has 1 aliphatic heterocycles. The molecule has 1 fully saturated rings. The van der Waals surface area contributed by atoms with Crippen molar-refractivity contribution in [1.29, 1.82) is 0 Å². The van der Waals surface area contributed by atoms with Gasteiger partial charge in [0.05, 0.1) is 30.4 Å². The normalized spacial score (nSPS) is 17.0. The first-order valence-electron chi connectivity index (χ1n) is 11.6. The van der Waals surface area contributed by atoms with Crippen LogP contribution in [0.15, 0.2) is 48.9 Å². The molecule has 3 aromatic rings. The van der Waals surface area contributed by atoms with E-state index in [2.05, 4.69) is 31.0 Å². The summed E-state index contributed by atoms with van der Waals surface area (Å²) in [5.41, 5.74) is 1.64. The second kappa shape index (κ2) is 11.6. The molecule has 190 valence electrons. The number of aryl methyl sites for hydroxylation is 1. The third kappa shape index (κ3) is 6.75. The van der Waals surface area contributed by atoms with Gasteiger partial charge in [0.25, 0.3) is 0 Å². The lowest BCUT2D eigenvalue weighted by Crippen LogP contribution is -2.37. The molecule has 11 nitrogen and oxygen atoms in total. The first-order valence-corrected chi connectivity index (χ1v) is 11.6. The van der Waals surface area contributed by atoms with Crippen molar-refractivity contribution in [3.63, 3.8) is 0 Å². The second-order valence-electron chi connectivity index (χ2n) is 8.62. The minimum Gasteiger partial charge on any atom is -0.492 e. The van der Waals surface area contributed by atoms with Crippen LogP contribution in [0.25, 0.3) is 0 Å². The standard InChI is InChI=1S/C24H29FN8O3/c1-16-3-5-18(6-4-16)36-10-9-32(2)22(34)15-33-14-17(11-28-33)29-23(35)19-12-26-13-20(19)30-21-7-8-27-24(25)31-21/h3-8,11,14,19-20,26H,9-10,12-13,15H2,1-2H3,(H,29,35)(H,27,30,31). The van der Waals surface area contributed by atoms with Crippen LogP contribution in [0.4, 0.5) is 15.9 Å². The number of nitrogens with zero attached hydrogens (tertiary/aromatic N) is 5. The largest absolute Gasteiger partial charge is 0.492 e. The Morgan fingerprint density at radius 2 is 2.06 bits per heavy atom. The molecule has 0 spiro atoms. The molecular formula is C24H29FN8O3. The second-order valence-corrected chi connectivity index (χ2v) is 8.62. The van der Waals surface area contributed by atoms with Gasteiger partial charge in [-0.2, -0.15) is 14.5 Å². The smallest absolute Gasteiger partial charge is 0.310 e. The van der Waals surface area contributed by atoms with Gasteiger partial charge >= 0.3 is 6.08 Å². The molecule has 2 aromatic heterocycles. The van der Waals surface area contributed by atoms with Crippen LogP contribution in [0.3, 0.4) is 0 Å². The van der Waals surface area contributed by atoms with E-state index in [4.69, 9.17) is 4.74 Å². The van der Waals surface area contributed by atoms with Gasteiger partial charge in [-0.1, -0.05) is 17.7 Å². The van der Waals surface area contributed by atoms with Crippen molar-refractivity contribution >= 4 is 23.3 Å². The van der Waals surface area contributed by atoms with Crippen molar-refractivity contribution in [3.8, 4) is 5.75 Å². The molecule has 36 heavy (non-hydrogen) atoms. The number of halogens is 1. The van der Waals surface area contributed by atoms with Crippen LogP contribution in [-0.4, -0.2) is 75.8 Å². The quantitative estimate of drug-likeness (QED) is 0.359. The van der Waals surface area contributed by atoms with Crippen LogP contribution in [-0.2, 0) is 16.1 Å². The van der Waals surface area contributed by atoms with E-state index >= 15 is 0 Å². The fraction of sp³-hybridized carbons (Fsp3) is 0.375. The molecule has 0 saturated carbocycles. The van der Waals surface area contributed by atoms with Crippen molar-refractivity contribution in [1.82, 2.24) is 30.0 Å². The summed E-state index contributed by atoms with van der Waals surface area (Å²) < 4.78 is 20.4. The molecule has 0 aliphatic carbocycles. The Bertz CT molecular complexity index is 1190. The SMILES string of the molecule is Cc1ccc(OCCN(C)C(=O)Cn2cc(NC(=O)C3CNCC3Nc3ccnc(F)n3)cn2)cc1. The minimum absolute atomic E-state index is 0.0331. The number of carbonyl (C=O) groups is 2. The van der Waals surface area contributed by atoms with E-state index in [-0.39, 0.29) is 24.4 Å². The Balaban J connectivity index is 1.24. The highest BCUT2D eigenvalue weighted by Crippen LogP contribution is 2.17. The molecule has 0 radical (unpaired) electrons. The monoisotopic (exact) mass is 496 g/mol. The molecule has 1 aromatic carbocycles. The third-order valence-corrected chi connectivity index (χ3v) is 5.85. The summed E-state index contributed by atoms with van der Waals surface area (Å²) in [6.45, 7) is 3.82. The highest BCUT2D eigenvalue weighted by atomic mass is 19.1. The maximum atomic E-state index is 13.3. The van der Waals surface area contributed by atoms with E-state index in [1.54, 1.807) is 24.2 Å². The molecule has 1 aliphatic rings. The number of aromatic nitrogens is 4. The number of benzene rings is 1. The van der Waals surface area contributed by atoms with Crippen molar-refractivity contribution in [2.75, 3.05) is 43.9 Å². The van der Waals surface area contributed by atoms with E-state index < -0.39 is 12.0 Å². The molecular weight excluding hydrogens is 467 g/mol. The number of anilines is 2. The summed E-state index contributed by atoms with van der Waals surface area (Å²) in [6, 6.07) is 9.00. The average molecular weight is 497 g/mol. The zero-order valence-corrected chi connectivity index (χ0v) is 20.1. The minimum atomic E-state index is -0.835. The van der Waals surface area contributed by atoms with Gasteiger partial charge in [-0.05, 0) is 25.1 Å². The Morgan fingerprint density at radius 3 is 2.83 bits per heavy atom. The van der Waals surface area contributed by atoms with Crippen LogP contribution < -0.4 is 20.7 Å². The topological polar surface area (TPSA) is 126 Å². The van der Waals surface area contributed by atoms with Crippen molar-refractivity contribution in [3.05, 3.63) is 60.6 Å². The van der Waals surface area contributed by atoms with Gasteiger partial charge < -0.3 is 25.6 Å². The van der Waals surface area contributed by atoms with Gasteiger partial charge in [0.2, 0.25) is 11.8 Å². The van der Waals surface area contributed by atoms with E-state index in [1.165, 1.54) is 17.1 Å². The predicted molar refractivity (Wildman–Crippen MR) is 131 cm³/mol. The molecule has 3 N–H and O–H groups in total. The summed E-state index contributed by atoms with van der Waals surface area (Å²) in [4.78, 5) is 34.1. The van der Waals surface area contributed by atoms with E-state index in [0.29, 0.717) is 37.7 Å². The van der Waals surface area contributed by atoms with E-state index in [0.717, 1.165) is 11.3 Å². The van der Waals surface area contributed by atoms with Gasteiger partial charge in [-0.25, -0.2) is 4.98 Å². The summed E-state index contributed by atoms with van der Waals surface area (Å²) in [5, 5.41) is 13.3. The van der Waals surface area contributed by atoms with Crippen molar-refractivity contribution in [2.24, 2.45) is 5.92 Å². The Labute approximate surface area is 208 Å². The molecule has 2 atom stereocenters. The van der Waals surface area contributed by atoms with Crippen LogP contribution in [0, 0.1) is 18.9 Å². The van der Waals surface area contributed by atoms with E-state index in [1.807, 2.05) is 31.2 Å². The maximum Gasteiger partial charge on any atom is 0.310 e. The zero-order valence-electron chi connectivity index (χ0n) is 20.1. The number of likely N-dealkylation sites (N-methyl/N-ethyl adjacent to an activating group) is 1. The predicted octanol–water partition coefficient (Wildman–Crippen LogP) is 1.30. The number of carbonyl (C=O) groups excluding carboxylic acids is 2.